The monoisotopic (exact) mass is 314 g/mol. The van der Waals surface area contributed by atoms with Gasteiger partial charge in [0, 0.05) is 5.57 Å². The van der Waals surface area contributed by atoms with Crippen molar-refractivity contribution in [1.82, 2.24) is 0 Å². The molecule has 0 aliphatic rings. The third-order valence-electron chi connectivity index (χ3n) is 3.00. The van der Waals surface area contributed by atoms with Crippen LogP contribution in [0.4, 0.5) is 0 Å². The summed E-state index contributed by atoms with van der Waals surface area (Å²) in [6, 6.07) is 14.3. The van der Waals surface area contributed by atoms with Gasteiger partial charge >= 0.3 is 5.97 Å². The Morgan fingerprint density at radius 1 is 1.00 bits per heavy atom. The average Bonchev–Trinajstić information content (AvgIpc) is 2.54. The molecule has 0 amide bonds. The largest absolute Gasteiger partial charge is 0.488 e. The number of benzene rings is 2. The molecule has 5 nitrogen and oxygen atoms in total. The second kappa shape index (κ2) is 7.58. The maximum absolute atomic E-state index is 11.4. The molecule has 0 heterocycles. The highest BCUT2D eigenvalue weighted by Gasteiger charge is 2.06. The summed E-state index contributed by atoms with van der Waals surface area (Å²) >= 11 is 0. The van der Waals surface area contributed by atoms with E-state index in [0.717, 1.165) is 11.1 Å². The van der Waals surface area contributed by atoms with Crippen molar-refractivity contribution in [2.45, 2.75) is 13.2 Å². The summed E-state index contributed by atoms with van der Waals surface area (Å²) in [6.45, 7) is 4.95. The molecule has 2 rings (SSSR count). The molecule has 0 spiro atoms. The summed E-state index contributed by atoms with van der Waals surface area (Å²) in [7, 11) is 0. The van der Waals surface area contributed by atoms with E-state index >= 15 is 0 Å². The predicted octanol–water partition coefficient (Wildman–Crippen LogP) is 2.52. The SMILES string of the molecule is C=C(C)C(=O)Oc1ccc(-c2ccc(OCC(O)O)cc2)cc1. The van der Waals surface area contributed by atoms with Gasteiger partial charge in [-0.15, -0.1) is 0 Å². The Hall–Kier alpha value is -2.63. The Bertz CT molecular complexity index is 672. The zero-order valence-electron chi connectivity index (χ0n) is 12.7. The topological polar surface area (TPSA) is 76.0 Å². The van der Waals surface area contributed by atoms with Crippen LogP contribution in [0, 0.1) is 0 Å². The van der Waals surface area contributed by atoms with E-state index in [9.17, 15) is 4.79 Å². The highest BCUT2D eigenvalue weighted by molar-refractivity contribution is 5.88. The van der Waals surface area contributed by atoms with E-state index in [1.165, 1.54) is 0 Å². The molecule has 120 valence electrons. The summed E-state index contributed by atoms with van der Waals surface area (Å²) in [6.07, 6.45) is -1.50. The van der Waals surface area contributed by atoms with Crippen LogP contribution in [0.2, 0.25) is 0 Å². The van der Waals surface area contributed by atoms with Crippen molar-refractivity contribution in [3.63, 3.8) is 0 Å². The van der Waals surface area contributed by atoms with Crippen molar-refractivity contribution >= 4 is 5.97 Å². The van der Waals surface area contributed by atoms with E-state index in [4.69, 9.17) is 19.7 Å². The lowest BCUT2D eigenvalue weighted by molar-refractivity contribution is -0.130. The number of carbonyl (C=O) groups is 1. The smallest absolute Gasteiger partial charge is 0.338 e. The highest BCUT2D eigenvalue weighted by atomic mass is 16.5. The fourth-order valence-corrected chi connectivity index (χ4v) is 1.82. The van der Waals surface area contributed by atoms with Crippen LogP contribution in [-0.2, 0) is 4.79 Å². The molecule has 2 aromatic carbocycles. The van der Waals surface area contributed by atoms with Gasteiger partial charge in [-0.3, -0.25) is 0 Å². The first-order valence-electron chi connectivity index (χ1n) is 7.03. The van der Waals surface area contributed by atoms with Gasteiger partial charge in [0.15, 0.2) is 6.29 Å². The van der Waals surface area contributed by atoms with Crippen LogP contribution in [0.3, 0.4) is 0 Å². The molecule has 0 saturated carbocycles. The average molecular weight is 314 g/mol. The van der Waals surface area contributed by atoms with Gasteiger partial charge < -0.3 is 19.7 Å². The van der Waals surface area contributed by atoms with Crippen LogP contribution >= 0.6 is 0 Å². The second-order valence-corrected chi connectivity index (χ2v) is 5.01. The molecular weight excluding hydrogens is 296 g/mol. The molecule has 0 saturated heterocycles. The zero-order valence-corrected chi connectivity index (χ0v) is 12.7. The van der Waals surface area contributed by atoms with Gasteiger partial charge in [-0.1, -0.05) is 30.8 Å². The first kappa shape index (κ1) is 16.7. The fourth-order valence-electron chi connectivity index (χ4n) is 1.82. The molecule has 23 heavy (non-hydrogen) atoms. The number of esters is 1. The van der Waals surface area contributed by atoms with Gasteiger partial charge in [-0.05, 0) is 42.3 Å². The molecule has 0 aliphatic carbocycles. The van der Waals surface area contributed by atoms with Crippen molar-refractivity contribution < 1.29 is 24.5 Å². The Balaban J connectivity index is 2.04. The predicted molar refractivity (Wildman–Crippen MR) is 86.0 cm³/mol. The first-order valence-corrected chi connectivity index (χ1v) is 7.03. The number of ether oxygens (including phenoxy) is 2. The Kier molecular flexibility index (Phi) is 5.51. The second-order valence-electron chi connectivity index (χ2n) is 5.01. The van der Waals surface area contributed by atoms with E-state index in [1.807, 2.05) is 24.3 Å². The number of carbonyl (C=O) groups excluding carboxylic acids is 1. The van der Waals surface area contributed by atoms with Crippen molar-refractivity contribution in [1.29, 1.82) is 0 Å². The lowest BCUT2D eigenvalue weighted by atomic mass is 10.1. The summed E-state index contributed by atoms with van der Waals surface area (Å²) in [5.41, 5.74) is 2.26. The Morgan fingerprint density at radius 2 is 1.48 bits per heavy atom. The summed E-state index contributed by atoms with van der Waals surface area (Å²) < 4.78 is 10.3. The molecule has 0 atom stereocenters. The Morgan fingerprint density at radius 3 is 1.91 bits per heavy atom. The van der Waals surface area contributed by atoms with Crippen LogP contribution in [0.1, 0.15) is 6.92 Å². The minimum Gasteiger partial charge on any atom is -0.488 e. The first-order chi connectivity index (χ1) is 11.0. The Labute approximate surface area is 134 Å². The molecule has 2 aromatic rings. The van der Waals surface area contributed by atoms with Gasteiger partial charge in [0.2, 0.25) is 0 Å². The van der Waals surface area contributed by atoms with Crippen molar-refractivity contribution in [2.24, 2.45) is 0 Å². The van der Waals surface area contributed by atoms with E-state index in [-0.39, 0.29) is 6.61 Å². The van der Waals surface area contributed by atoms with Crippen LogP contribution in [-0.4, -0.2) is 29.1 Å². The maximum atomic E-state index is 11.4. The summed E-state index contributed by atoms with van der Waals surface area (Å²) in [5, 5.41) is 17.5. The third kappa shape index (κ3) is 4.95. The van der Waals surface area contributed by atoms with Gasteiger partial charge in [-0.2, -0.15) is 0 Å². The number of hydrogen-bond acceptors (Lipinski definition) is 5. The highest BCUT2D eigenvalue weighted by Crippen LogP contribution is 2.25. The van der Waals surface area contributed by atoms with Crippen LogP contribution in [0.15, 0.2) is 60.7 Å². The van der Waals surface area contributed by atoms with Crippen molar-refractivity contribution in [2.75, 3.05) is 6.61 Å². The molecule has 5 heteroatoms. The van der Waals surface area contributed by atoms with Crippen LogP contribution in [0.5, 0.6) is 11.5 Å². The van der Waals surface area contributed by atoms with E-state index < -0.39 is 12.3 Å². The van der Waals surface area contributed by atoms with Crippen molar-refractivity contribution in [3.8, 4) is 22.6 Å². The molecule has 0 aromatic heterocycles. The van der Waals surface area contributed by atoms with E-state index in [0.29, 0.717) is 17.1 Å². The number of rotatable bonds is 6. The molecule has 0 fully saturated rings. The minimum absolute atomic E-state index is 0.178. The molecule has 0 unspecified atom stereocenters. The third-order valence-corrected chi connectivity index (χ3v) is 3.00. The van der Waals surface area contributed by atoms with Gasteiger partial charge in [-0.25, -0.2) is 4.79 Å². The normalized spacial score (nSPS) is 10.4. The standard InChI is InChI=1S/C18H18O5/c1-12(2)18(21)23-16-9-5-14(6-10-16)13-3-7-15(8-4-13)22-11-17(19)20/h3-10,17,19-20H,1,11H2,2H3. The molecule has 0 radical (unpaired) electrons. The zero-order chi connectivity index (χ0) is 16.8. The number of aliphatic hydroxyl groups is 2. The summed E-state index contributed by atoms with van der Waals surface area (Å²) in [5.74, 6) is 0.554. The van der Waals surface area contributed by atoms with E-state index in [1.54, 1.807) is 31.2 Å². The van der Waals surface area contributed by atoms with Crippen molar-refractivity contribution in [3.05, 3.63) is 60.7 Å². The quantitative estimate of drug-likeness (QED) is 0.371. The van der Waals surface area contributed by atoms with Crippen LogP contribution in [0.25, 0.3) is 11.1 Å². The molecule has 2 N–H and O–H groups in total. The van der Waals surface area contributed by atoms with Gasteiger partial charge in [0.1, 0.15) is 18.1 Å². The summed E-state index contributed by atoms with van der Waals surface area (Å²) in [4.78, 5) is 11.4. The number of hydrogen-bond donors (Lipinski definition) is 2. The van der Waals surface area contributed by atoms with Gasteiger partial charge in [0.25, 0.3) is 0 Å². The molecule has 0 aliphatic heterocycles. The molecule has 0 bridgehead atoms. The maximum Gasteiger partial charge on any atom is 0.338 e. The van der Waals surface area contributed by atoms with Crippen LogP contribution < -0.4 is 9.47 Å². The van der Waals surface area contributed by atoms with E-state index in [2.05, 4.69) is 6.58 Å². The lowest BCUT2D eigenvalue weighted by Gasteiger charge is -2.09. The lowest BCUT2D eigenvalue weighted by Crippen LogP contribution is -2.15. The minimum atomic E-state index is -1.50. The number of aliphatic hydroxyl groups excluding tert-OH is 1. The molecular formula is C18H18O5. The van der Waals surface area contributed by atoms with Gasteiger partial charge in [0.05, 0.1) is 0 Å². The fraction of sp³-hybridized carbons (Fsp3) is 0.167.